The molecule has 2 N–H and O–H groups in total. The molecule has 1 aliphatic rings. The highest BCUT2D eigenvalue weighted by molar-refractivity contribution is 5.09. The second kappa shape index (κ2) is 3.43. The van der Waals surface area contributed by atoms with Gasteiger partial charge < -0.3 is 10.2 Å². The average Bonchev–Trinajstić information content (AvgIpc) is 2.49. The van der Waals surface area contributed by atoms with Gasteiger partial charge in [-0.15, -0.1) is 0 Å². The molecule has 1 aromatic rings. The summed E-state index contributed by atoms with van der Waals surface area (Å²) in [6.07, 6.45) is 5.70. The van der Waals surface area contributed by atoms with Crippen LogP contribution in [0.3, 0.4) is 0 Å². The minimum absolute atomic E-state index is 0.0304. The fraction of sp³-hybridized carbons (Fsp3) is 0.667. The first-order valence-electron chi connectivity index (χ1n) is 5.41. The first kappa shape index (κ1) is 9.78. The van der Waals surface area contributed by atoms with Crippen molar-refractivity contribution in [2.75, 3.05) is 0 Å². The van der Waals surface area contributed by atoms with Gasteiger partial charge in [0.1, 0.15) is 5.76 Å². The van der Waals surface area contributed by atoms with Gasteiger partial charge in [-0.2, -0.15) is 0 Å². The summed E-state index contributed by atoms with van der Waals surface area (Å²) in [6.45, 7) is 4.51. The second-order valence-corrected chi connectivity index (χ2v) is 4.94. The van der Waals surface area contributed by atoms with Crippen molar-refractivity contribution in [1.29, 1.82) is 0 Å². The van der Waals surface area contributed by atoms with Crippen LogP contribution < -0.4 is 5.73 Å². The highest BCUT2D eigenvalue weighted by Gasteiger charge is 2.40. The zero-order valence-electron chi connectivity index (χ0n) is 8.99. The van der Waals surface area contributed by atoms with Crippen molar-refractivity contribution in [2.24, 2.45) is 17.1 Å². The van der Waals surface area contributed by atoms with E-state index in [2.05, 4.69) is 13.8 Å². The minimum atomic E-state index is 0.0304. The van der Waals surface area contributed by atoms with E-state index in [-0.39, 0.29) is 11.5 Å². The molecule has 1 saturated carbocycles. The molecule has 0 aliphatic heterocycles. The first-order valence-corrected chi connectivity index (χ1v) is 5.41. The van der Waals surface area contributed by atoms with E-state index in [1.54, 1.807) is 6.26 Å². The molecular formula is C12H19NO. The molecule has 0 saturated heterocycles. The van der Waals surface area contributed by atoms with Gasteiger partial charge in [-0.3, -0.25) is 0 Å². The molecule has 1 unspecified atom stereocenters. The predicted octanol–water partition coefficient (Wildman–Crippen LogP) is 3.11. The maximum atomic E-state index is 6.23. The summed E-state index contributed by atoms with van der Waals surface area (Å²) in [7, 11) is 0. The lowest BCUT2D eigenvalue weighted by atomic mass is 9.63. The molecule has 0 aromatic carbocycles. The van der Waals surface area contributed by atoms with E-state index in [9.17, 15) is 0 Å². The zero-order valence-corrected chi connectivity index (χ0v) is 8.99. The van der Waals surface area contributed by atoms with Crippen LogP contribution in [0.25, 0.3) is 0 Å². The molecule has 0 radical (unpaired) electrons. The Bertz CT molecular complexity index is 285. The summed E-state index contributed by atoms with van der Waals surface area (Å²) in [6, 6.07) is 3.92. The largest absolute Gasteiger partial charge is 0.468 e. The van der Waals surface area contributed by atoms with Gasteiger partial charge in [0, 0.05) is 0 Å². The minimum Gasteiger partial charge on any atom is -0.468 e. The van der Waals surface area contributed by atoms with Gasteiger partial charge in [0.05, 0.1) is 12.3 Å². The monoisotopic (exact) mass is 193 g/mol. The van der Waals surface area contributed by atoms with Crippen LogP contribution >= 0.6 is 0 Å². The summed E-state index contributed by atoms with van der Waals surface area (Å²) in [5, 5.41) is 0. The van der Waals surface area contributed by atoms with Gasteiger partial charge in [0.15, 0.2) is 0 Å². The lowest BCUT2D eigenvalue weighted by Gasteiger charge is -2.43. The van der Waals surface area contributed by atoms with Gasteiger partial charge in [-0.1, -0.05) is 20.3 Å². The molecule has 1 fully saturated rings. The summed E-state index contributed by atoms with van der Waals surface area (Å²) < 4.78 is 5.38. The fourth-order valence-electron chi connectivity index (χ4n) is 2.24. The van der Waals surface area contributed by atoms with Crippen LogP contribution in [0.5, 0.6) is 0 Å². The molecule has 0 bridgehead atoms. The lowest BCUT2D eigenvalue weighted by Crippen LogP contribution is -2.39. The third-order valence-corrected chi connectivity index (χ3v) is 3.81. The summed E-state index contributed by atoms with van der Waals surface area (Å²) >= 11 is 0. The Morgan fingerprint density at radius 3 is 2.64 bits per heavy atom. The molecule has 1 atom stereocenters. The van der Waals surface area contributed by atoms with Gasteiger partial charge >= 0.3 is 0 Å². The predicted molar refractivity (Wildman–Crippen MR) is 56.8 cm³/mol. The Labute approximate surface area is 85.5 Å². The molecule has 14 heavy (non-hydrogen) atoms. The highest BCUT2D eigenvalue weighted by Crippen LogP contribution is 2.47. The van der Waals surface area contributed by atoms with Crippen LogP contribution in [-0.4, -0.2) is 0 Å². The maximum Gasteiger partial charge on any atom is 0.121 e. The average molecular weight is 193 g/mol. The van der Waals surface area contributed by atoms with E-state index < -0.39 is 0 Å². The number of nitrogens with two attached hydrogens (primary N) is 1. The molecule has 0 spiro atoms. The zero-order chi connectivity index (χ0) is 10.2. The molecule has 0 amide bonds. The molecule has 1 heterocycles. The molecular weight excluding hydrogens is 174 g/mol. The molecule has 2 heteroatoms. The molecule has 78 valence electrons. The summed E-state index contributed by atoms with van der Waals surface area (Å²) in [4.78, 5) is 0. The van der Waals surface area contributed by atoms with Crippen LogP contribution in [0, 0.1) is 11.3 Å². The van der Waals surface area contributed by atoms with E-state index in [0.717, 1.165) is 11.7 Å². The van der Waals surface area contributed by atoms with E-state index in [4.69, 9.17) is 10.2 Å². The second-order valence-electron chi connectivity index (χ2n) is 4.94. The first-order chi connectivity index (χ1) is 6.62. The Kier molecular flexibility index (Phi) is 2.40. The fourth-order valence-corrected chi connectivity index (χ4v) is 2.24. The van der Waals surface area contributed by atoms with Crippen molar-refractivity contribution in [3.8, 4) is 0 Å². The standard InChI is InChI=1S/C12H19NO/c1-12(2,9-5-3-6-9)11(13)10-7-4-8-14-10/h4,7-9,11H,3,5-6,13H2,1-2H3. The third-order valence-electron chi connectivity index (χ3n) is 3.81. The van der Waals surface area contributed by atoms with Crippen molar-refractivity contribution in [3.05, 3.63) is 24.2 Å². The Balaban J connectivity index is 2.12. The van der Waals surface area contributed by atoms with Gasteiger partial charge in [0.2, 0.25) is 0 Å². The van der Waals surface area contributed by atoms with E-state index >= 15 is 0 Å². The van der Waals surface area contributed by atoms with E-state index in [0.29, 0.717) is 0 Å². The van der Waals surface area contributed by atoms with Crippen LogP contribution in [0.4, 0.5) is 0 Å². The van der Waals surface area contributed by atoms with E-state index in [1.807, 2.05) is 12.1 Å². The lowest BCUT2D eigenvalue weighted by molar-refractivity contribution is 0.0825. The molecule has 1 aliphatic carbocycles. The Morgan fingerprint density at radius 1 is 1.50 bits per heavy atom. The number of hydrogen-bond donors (Lipinski definition) is 1. The van der Waals surface area contributed by atoms with Crippen molar-refractivity contribution in [1.82, 2.24) is 0 Å². The number of hydrogen-bond acceptors (Lipinski definition) is 2. The van der Waals surface area contributed by atoms with Crippen molar-refractivity contribution in [3.63, 3.8) is 0 Å². The third kappa shape index (κ3) is 1.48. The van der Waals surface area contributed by atoms with Gasteiger partial charge in [0.25, 0.3) is 0 Å². The van der Waals surface area contributed by atoms with Crippen molar-refractivity contribution >= 4 is 0 Å². The molecule has 1 aromatic heterocycles. The molecule has 2 rings (SSSR count). The summed E-state index contributed by atoms with van der Waals surface area (Å²) in [5.41, 5.74) is 6.40. The quantitative estimate of drug-likeness (QED) is 0.801. The van der Waals surface area contributed by atoms with E-state index in [1.165, 1.54) is 19.3 Å². The maximum absolute atomic E-state index is 6.23. The normalized spacial score (nSPS) is 20.5. The Morgan fingerprint density at radius 2 is 2.21 bits per heavy atom. The number of furan rings is 1. The van der Waals surface area contributed by atoms with Crippen LogP contribution in [0.1, 0.15) is 44.9 Å². The number of rotatable bonds is 3. The Hall–Kier alpha value is -0.760. The van der Waals surface area contributed by atoms with Crippen molar-refractivity contribution in [2.45, 2.75) is 39.2 Å². The van der Waals surface area contributed by atoms with Gasteiger partial charge in [-0.05, 0) is 36.3 Å². The van der Waals surface area contributed by atoms with Crippen LogP contribution in [0.15, 0.2) is 22.8 Å². The van der Waals surface area contributed by atoms with Crippen LogP contribution in [-0.2, 0) is 0 Å². The van der Waals surface area contributed by atoms with Crippen LogP contribution in [0.2, 0.25) is 0 Å². The van der Waals surface area contributed by atoms with Gasteiger partial charge in [-0.25, -0.2) is 0 Å². The highest BCUT2D eigenvalue weighted by atomic mass is 16.3. The summed E-state index contributed by atoms with van der Waals surface area (Å²) in [5.74, 6) is 1.68. The van der Waals surface area contributed by atoms with Crippen molar-refractivity contribution < 1.29 is 4.42 Å². The smallest absolute Gasteiger partial charge is 0.121 e. The SMILES string of the molecule is CC(C)(C1CCC1)C(N)c1ccco1. The molecule has 2 nitrogen and oxygen atoms in total. The topological polar surface area (TPSA) is 39.2 Å².